The Labute approximate surface area is 155 Å². The van der Waals surface area contributed by atoms with Crippen molar-refractivity contribution < 1.29 is 19.1 Å². The Bertz CT molecular complexity index is 807. The quantitative estimate of drug-likeness (QED) is 0.595. The smallest absolute Gasteiger partial charge is 0.316 e. The lowest BCUT2D eigenvalue weighted by atomic mass is 10.1. The summed E-state index contributed by atoms with van der Waals surface area (Å²) in [5.41, 5.74) is 0.499. The standard InChI is InChI=1S/C18H15Cl2NO4/c1-24-12-5-7-13(8-6-12)25-18(23)11-9-16(22)21(10-11)15-4-2-3-14(19)17(15)20/h2-8,11H,9-10H2,1H3/t11-/m0/s1. The van der Waals surface area contributed by atoms with Gasteiger partial charge in [-0.1, -0.05) is 29.3 Å². The van der Waals surface area contributed by atoms with Crippen molar-refractivity contribution in [2.45, 2.75) is 6.42 Å². The van der Waals surface area contributed by atoms with Gasteiger partial charge >= 0.3 is 5.97 Å². The van der Waals surface area contributed by atoms with Crippen LogP contribution in [0.4, 0.5) is 5.69 Å². The fourth-order valence-corrected chi connectivity index (χ4v) is 3.04. The third-order valence-corrected chi connectivity index (χ3v) is 4.77. The van der Waals surface area contributed by atoms with Crippen LogP contribution in [0.3, 0.4) is 0 Å². The molecule has 0 N–H and O–H groups in total. The van der Waals surface area contributed by atoms with Crippen LogP contribution >= 0.6 is 23.2 Å². The first-order valence-corrected chi connectivity index (χ1v) is 8.35. The molecule has 25 heavy (non-hydrogen) atoms. The SMILES string of the molecule is COc1ccc(OC(=O)[C@H]2CC(=O)N(c3cccc(Cl)c3Cl)C2)cc1. The van der Waals surface area contributed by atoms with Crippen molar-refractivity contribution in [2.75, 3.05) is 18.6 Å². The molecule has 0 aromatic heterocycles. The van der Waals surface area contributed by atoms with E-state index in [-0.39, 0.29) is 18.9 Å². The molecule has 2 aromatic carbocycles. The van der Waals surface area contributed by atoms with Gasteiger partial charge in [0.15, 0.2) is 0 Å². The van der Waals surface area contributed by atoms with Gasteiger partial charge in [0.25, 0.3) is 0 Å². The molecule has 1 atom stereocenters. The first-order valence-electron chi connectivity index (χ1n) is 7.59. The Morgan fingerprint density at radius 1 is 1.12 bits per heavy atom. The van der Waals surface area contributed by atoms with E-state index < -0.39 is 11.9 Å². The monoisotopic (exact) mass is 379 g/mol. The van der Waals surface area contributed by atoms with Crippen LogP contribution in [0.1, 0.15) is 6.42 Å². The van der Waals surface area contributed by atoms with Gasteiger partial charge in [-0.15, -0.1) is 0 Å². The number of hydrogen-bond acceptors (Lipinski definition) is 4. The Hall–Kier alpha value is -2.24. The predicted octanol–water partition coefficient (Wildman–Crippen LogP) is 3.96. The van der Waals surface area contributed by atoms with Crippen LogP contribution in [0.25, 0.3) is 0 Å². The number of halogens is 2. The molecule has 1 heterocycles. The van der Waals surface area contributed by atoms with Gasteiger partial charge in [-0.3, -0.25) is 9.59 Å². The first-order chi connectivity index (χ1) is 12.0. The van der Waals surface area contributed by atoms with Gasteiger partial charge in [0, 0.05) is 13.0 Å². The lowest BCUT2D eigenvalue weighted by Gasteiger charge is -2.18. The van der Waals surface area contributed by atoms with Gasteiger partial charge in [-0.25, -0.2) is 0 Å². The molecule has 1 saturated heterocycles. The zero-order chi connectivity index (χ0) is 18.0. The maximum Gasteiger partial charge on any atom is 0.316 e. The van der Waals surface area contributed by atoms with Gasteiger partial charge in [0.1, 0.15) is 11.5 Å². The van der Waals surface area contributed by atoms with Crippen LogP contribution in [0, 0.1) is 5.92 Å². The Morgan fingerprint density at radius 3 is 2.48 bits per heavy atom. The van der Waals surface area contributed by atoms with E-state index in [0.717, 1.165) is 0 Å². The number of hydrogen-bond donors (Lipinski definition) is 0. The maximum absolute atomic E-state index is 12.4. The molecule has 3 rings (SSSR count). The molecule has 0 saturated carbocycles. The summed E-state index contributed by atoms with van der Waals surface area (Å²) in [6, 6.07) is 11.7. The molecule has 1 aliphatic rings. The summed E-state index contributed by atoms with van der Waals surface area (Å²) in [5, 5.41) is 0.651. The van der Waals surface area contributed by atoms with E-state index in [1.807, 2.05) is 0 Å². The molecule has 2 aromatic rings. The third-order valence-electron chi connectivity index (χ3n) is 3.96. The molecule has 1 aliphatic heterocycles. The van der Waals surface area contributed by atoms with E-state index in [0.29, 0.717) is 27.2 Å². The molecular weight excluding hydrogens is 365 g/mol. The molecule has 0 bridgehead atoms. The number of carbonyl (C=O) groups excluding carboxylic acids is 2. The largest absolute Gasteiger partial charge is 0.497 e. The summed E-state index contributed by atoms with van der Waals surface area (Å²) in [4.78, 5) is 26.1. The van der Waals surface area contributed by atoms with Crippen molar-refractivity contribution in [3.8, 4) is 11.5 Å². The average molecular weight is 380 g/mol. The third kappa shape index (κ3) is 3.72. The van der Waals surface area contributed by atoms with Crippen LogP contribution in [0.15, 0.2) is 42.5 Å². The van der Waals surface area contributed by atoms with E-state index >= 15 is 0 Å². The lowest BCUT2D eigenvalue weighted by Crippen LogP contribution is -2.27. The molecule has 0 unspecified atom stereocenters. The molecular formula is C18H15Cl2NO4. The van der Waals surface area contributed by atoms with Crippen molar-refractivity contribution in [3.63, 3.8) is 0 Å². The van der Waals surface area contributed by atoms with E-state index in [4.69, 9.17) is 32.7 Å². The molecule has 0 radical (unpaired) electrons. The maximum atomic E-state index is 12.4. The van der Waals surface area contributed by atoms with Gasteiger partial charge < -0.3 is 14.4 Å². The highest BCUT2D eigenvalue weighted by Crippen LogP contribution is 2.36. The van der Waals surface area contributed by atoms with Crippen LogP contribution in [0.5, 0.6) is 11.5 Å². The van der Waals surface area contributed by atoms with Crippen molar-refractivity contribution in [3.05, 3.63) is 52.5 Å². The molecule has 0 spiro atoms. The van der Waals surface area contributed by atoms with Gasteiger partial charge in [0.05, 0.1) is 28.8 Å². The summed E-state index contributed by atoms with van der Waals surface area (Å²) < 4.78 is 10.4. The molecule has 0 aliphatic carbocycles. The molecule has 130 valence electrons. The second-order valence-electron chi connectivity index (χ2n) is 5.57. The van der Waals surface area contributed by atoms with E-state index in [1.54, 1.807) is 49.6 Å². The number of ether oxygens (including phenoxy) is 2. The van der Waals surface area contributed by atoms with E-state index in [9.17, 15) is 9.59 Å². The zero-order valence-electron chi connectivity index (χ0n) is 13.4. The summed E-state index contributed by atoms with van der Waals surface area (Å²) in [6.45, 7) is 0.202. The van der Waals surface area contributed by atoms with Crippen LogP contribution in [-0.4, -0.2) is 25.5 Å². The number of rotatable bonds is 4. The predicted molar refractivity (Wildman–Crippen MR) is 95.6 cm³/mol. The Morgan fingerprint density at radius 2 is 1.80 bits per heavy atom. The van der Waals surface area contributed by atoms with Crippen molar-refractivity contribution in [1.29, 1.82) is 0 Å². The fourth-order valence-electron chi connectivity index (χ4n) is 2.64. The Balaban J connectivity index is 1.71. The number of benzene rings is 2. The minimum Gasteiger partial charge on any atom is -0.497 e. The Kier molecular flexibility index (Phi) is 5.16. The lowest BCUT2D eigenvalue weighted by molar-refractivity contribution is -0.139. The topological polar surface area (TPSA) is 55.8 Å². The second-order valence-corrected chi connectivity index (χ2v) is 6.36. The van der Waals surface area contributed by atoms with E-state index in [1.165, 1.54) is 4.90 Å². The number of nitrogens with zero attached hydrogens (tertiary/aromatic N) is 1. The van der Waals surface area contributed by atoms with Crippen LogP contribution < -0.4 is 14.4 Å². The average Bonchev–Trinajstić information content (AvgIpc) is 3.00. The highest BCUT2D eigenvalue weighted by molar-refractivity contribution is 6.44. The second kappa shape index (κ2) is 7.33. The minimum atomic E-state index is -0.565. The summed E-state index contributed by atoms with van der Waals surface area (Å²) >= 11 is 12.2. The molecule has 5 nitrogen and oxygen atoms in total. The summed E-state index contributed by atoms with van der Waals surface area (Å²) in [7, 11) is 1.56. The number of carbonyl (C=O) groups is 2. The highest BCUT2D eigenvalue weighted by atomic mass is 35.5. The van der Waals surface area contributed by atoms with Crippen LogP contribution in [-0.2, 0) is 9.59 Å². The summed E-state index contributed by atoms with van der Waals surface area (Å²) in [6.07, 6.45) is 0.0673. The van der Waals surface area contributed by atoms with Crippen LogP contribution in [0.2, 0.25) is 10.0 Å². The van der Waals surface area contributed by atoms with Crippen molar-refractivity contribution in [1.82, 2.24) is 0 Å². The number of amides is 1. The minimum absolute atomic E-state index is 0.0673. The fraction of sp³-hybridized carbons (Fsp3) is 0.222. The number of anilines is 1. The van der Waals surface area contributed by atoms with Crippen molar-refractivity contribution >= 4 is 40.8 Å². The molecule has 1 amide bonds. The van der Waals surface area contributed by atoms with Gasteiger partial charge in [-0.05, 0) is 36.4 Å². The molecule has 7 heteroatoms. The molecule has 1 fully saturated rings. The normalized spacial score (nSPS) is 16.8. The van der Waals surface area contributed by atoms with Gasteiger partial charge in [0.2, 0.25) is 5.91 Å². The highest BCUT2D eigenvalue weighted by Gasteiger charge is 2.37. The van der Waals surface area contributed by atoms with E-state index in [2.05, 4.69) is 0 Å². The van der Waals surface area contributed by atoms with Crippen molar-refractivity contribution in [2.24, 2.45) is 5.92 Å². The first kappa shape index (κ1) is 17.6. The van der Waals surface area contributed by atoms with Gasteiger partial charge in [-0.2, -0.15) is 0 Å². The summed E-state index contributed by atoms with van der Waals surface area (Å²) in [5.74, 6) is -0.153. The zero-order valence-corrected chi connectivity index (χ0v) is 14.9. The number of esters is 1. The number of methoxy groups -OCH3 is 1.